The first-order valence-corrected chi connectivity index (χ1v) is 8.51. The van der Waals surface area contributed by atoms with E-state index in [0.717, 1.165) is 5.56 Å². The highest BCUT2D eigenvalue weighted by Crippen LogP contribution is 2.09. The lowest BCUT2D eigenvalue weighted by Gasteiger charge is -2.07. The number of ether oxygens (including phenoxy) is 1. The summed E-state index contributed by atoms with van der Waals surface area (Å²) in [7, 11) is 0. The Morgan fingerprint density at radius 3 is 2.78 bits per heavy atom. The van der Waals surface area contributed by atoms with E-state index in [4.69, 9.17) is 4.74 Å². The van der Waals surface area contributed by atoms with Crippen LogP contribution in [0.4, 0.5) is 5.69 Å². The molecule has 0 saturated heterocycles. The molecule has 27 heavy (non-hydrogen) atoms. The summed E-state index contributed by atoms with van der Waals surface area (Å²) in [6, 6.07) is 14.3. The maximum Gasteiger partial charge on any atom is 0.306 e. The predicted molar refractivity (Wildman–Crippen MR) is 101 cm³/mol. The van der Waals surface area contributed by atoms with E-state index in [2.05, 4.69) is 15.3 Å². The van der Waals surface area contributed by atoms with Gasteiger partial charge in [0.15, 0.2) is 6.61 Å². The van der Waals surface area contributed by atoms with Crippen LogP contribution >= 0.6 is 0 Å². The predicted octanol–water partition coefficient (Wildman–Crippen LogP) is 2.35. The SMILES string of the molecule is Cc1cccc(NC(=O)COC(=O)CCc2nc3ccccc3c(=O)[nH]2)c1. The van der Waals surface area contributed by atoms with E-state index < -0.39 is 11.9 Å². The minimum atomic E-state index is -0.537. The molecule has 0 spiro atoms. The Labute approximate surface area is 155 Å². The first-order valence-electron chi connectivity index (χ1n) is 8.51. The fourth-order valence-corrected chi connectivity index (χ4v) is 2.61. The largest absolute Gasteiger partial charge is 0.456 e. The molecule has 0 fully saturated rings. The van der Waals surface area contributed by atoms with Gasteiger partial charge in [-0.1, -0.05) is 24.3 Å². The molecule has 0 aliphatic heterocycles. The molecule has 0 unspecified atom stereocenters. The highest BCUT2D eigenvalue weighted by Gasteiger charge is 2.10. The van der Waals surface area contributed by atoms with Gasteiger partial charge >= 0.3 is 5.97 Å². The van der Waals surface area contributed by atoms with Crippen molar-refractivity contribution < 1.29 is 14.3 Å². The number of nitrogens with zero attached hydrogens (tertiary/aromatic N) is 1. The number of nitrogens with one attached hydrogen (secondary N) is 2. The summed E-state index contributed by atoms with van der Waals surface area (Å²) < 4.78 is 4.97. The molecule has 7 heteroatoms. The Balaban J connectivity index is 1.50. The minimum Gasteiger partial charge on any atom is -0.456 e. The summed E-state index contributed by atoms with van der Waals surface area (Å²) in [5.74, 6) is -0.545. The van der Waals surface area contributed by atoms with Crippen LogP contribution in [-0.2, 0) is 20.7 Å². The third-order valence-corrected chi connectivity index (χ3v) is 3.89. The molecule has 2 N–H and O–H groups in total. The number of rotatable bonds is 6. The van der Waals surface area contributed by atoms with Gasteiger partial charge in [0.25, 0.3) is 11.5 Å². The highest BCUT2D eigenvalue weighted by molar-refractivity contribution is 5.92. The molecule has 0 radical (unpaired) electrons. The Morgan fingerprint density at radius 2 is 1.96 bits per heavy atom. The minimum absolute atomic E-state index is 0.0129. The van der Waals surface area contributed by atoms with E-state index in [0.29, 0.717) is 22.4 Å². The van der Waals surface area contributed by atoms with Crippen molar-refractivity contribution in [1.82, 2.24) is 9.97 Å². The monoisotopic (exact) mass is 365 g/mol. The van der Waals surface area contributed by atoms with Gasteiger partial charge < -0.3 is 15.0 Å². The number of fused-ring (bicyclic) bond motifs is 1. The Bertz CT molecular complexity index is 1040. The summed E-state index contributed by atoms with van der Waals surface area (Å²) in [4.78, 5) is 42.7. The average molecular weight is 365 g/mol. The number of aromatic nitrogens is 2. The second kappa shape index (κ2) is 8.27. The lowest BCUT2D eigenvalue weighted by molar-refractivity contribution is -0.147. The molecule has 1 heterocycles. The van der Waals surface area contributed by atoms with Gasteiger partial charge in [0.05, 0.1) is 17.3 Å². The smallest absolute Gasteiger partial charge is 0.306 e. The lowest BCUT2D eigenvalue weighted by Crippen LogP contribution is -2.21. The third-order valence-electron chi connectivity index (χ3n) is 3.89. The zero-order valence-corrected chi connectivity index (χ0v) is 14.8. The molecule has 2 aromatic carbocycles. The van der Waals surface area contributed by atoms with Gasteiger partial charge in [0.2, 0.25) is 0 Å². The third kappa shape index (κ3) is 5.01. The van der Waals surface area contributed by atoms with Crippen LogP contribution in [0.3, 0.4) is 0 Å². The van der Waals surface area contributed by atoms with Crippen LogP contribution in [0.2, 0.25) is 0 Å². The van der Waals surface area contributed by atoms with Crippen LogP contribution in [0, 0.1) is 6.92 Å². The number of para-hydroxylation sites is 1. The van der Waals surface area contributed by atoms with E-state index in [9.17, 15) is 14.4 Å². The standard InChI is InChI=1S/C20H19N3O4/c1-13-5-4-6-14(11-13)21-18(24)12-27-19(25)10-9-17-22-16-8-3-2-7-15(16)20(26)23-17/h2-8,11H,9-10,12H2,1H3,(H,21,24)(H,22,23,26). The zero-order valence-electron chi connectivity index (χ0n) is 14.8. The number of aromatic amines is 1. The fraction of sp³-hybridized carbons (Fsp3) is 0.200. The van der Waals surface area contributed by atoms with Crippen molar-refractivity contribution in [2.75, 3.05) is 11.9 Å². The van der Waals surface area contributed by atoms with Gasteiger partial charge in [-0.05, 0) is 36.8 Å². The van der Waals surface area contributed by atoms with Crippen LogP contribution in [0.25, 0.3) is 10.9 Å². The Hall–Kier alpha value is -3.48. The molecule has 0 aliphatic carbocycles. The number of hydrogen-bond acceptors (Lipinski definition) is 5. The van der Waals surface area contributed by atoms with Gasteiger partial charge in [-0.3, -0.25) is 14.4 Å². The maximum absolute atomic E-state index is 12.0. The molecule has 1 aromatic heterocycles. The second-order valence-electron chi connectivity index (χ2n) is 6.11. The quantitative estimate of drug-likeness (QED) is 0.653. The van der Waals surface area contributed by atoms with Gasteiger partial charge in [-0.2, -0.15) is 0 Å². The number of esters is 1. The summed E-state index contributed by atoms with van der Waals surface area (Å²) in [6.07, 6.45) is 0.234. The summed E-state index contributed by atoms with van der Waals surface area (Å²) in [6.45, 7) is 1.55. The highest BCUT2D eigenvalue weighted by atomic mass is 16.5. The lowest BCUT2D eigenvalue weighted by atomic mass is 10.2. The fourth-order valence-electron chi connectivity index (χ4n) is 2.61. The van der Waals surface area contributed by atoms with Gasteiger partial charge in [-0.25, -0.2) is 4.98 Å². The molecule has 7 nitrogen and oxygen atoms in total. The van der Waals surface area contributed by atoms with Crippen LogP contribution in [-0.4, -0.2) is 28.5 Å². The molecule has 3 rings (SSSR count). The van der Waals surface area contributed by atoms with Crippen LogP contribution in [0.1, 0.15) is 17.8 Å². The first kappa shape index (κ1) is 18.3. The van der Waals surface area contributed by atoms with Crippen molar-refractivity contribution in [3.63, 3.8) is 0 Å². The topological polar surface area (TPSA) is 101 Å². The Morgan fingerprint density at radius 1 is 1.15 bits per heavy atom. The second-order valence-corrected chi connectivity index (χ2v) is 6.11. The maximum atomic E-state index is 12.0. The average Bonchev–Trinajstić information content (AvgIpc) is 2.65. The molecule has 0 atom stereocenters. The van der Waals surface area contributed by atoms with Crippen molar-refractivity contribution in [3.8, 4) is 0 Å². The first-order chi connectivity index (χ1) is 13.0. The number of aryl methyl sites for hydroxylation is 2. The molecule has 1 amide bonds. The van der Waals surface area contributed by atoms with E-state index in [1.807, 2.05) is 25.1 Å². The van der Waals surface area contributed by atoms with Gasteiger partial charge in [0.1, 0.15) is 5.82 Å². The van der Waals surface area contributed by atoms with E-state index in [-0.39, 0.29) is 25.0 Å². The number of amides is 1. The van der Waals surface area contributed by atoms with Crippen molar-refractivity contribution in [3.05, 3.63) is 70.3 Å². The molecule has 0 aliphatic rings. The van der Waals surface area contributed by atoms with Gasteiger partial charge in [0, 0.05) is 12.1 Å². The van der Waals surface area contributed by atoms with Crippen LogP contribution in [0.15, 0.2) is 53.3 Å². The molecule has 0 saturated carbocycles. The normalized spacial score (nSPS) is 10.6. The van der Waals surface area contributed by atoms with Crippen LogP contribution in [0.5, 0.6) is 0 Å². The van der Waals surface area contributed by atoms with E-state index >= 15 is 0 Å². The molecule has 0 bridgehead atoms. The summed E-state index contributed by atoms with van der Waals surface area (Å²) >= 11 is 0. The zero-order chi connectivity index (χ0) is 19.2. The summed E-state index contributed by atoms with van der Waals surface area (Å²) in [5.41, 5.74) is 1.99. The van der Waals surface area contributed by atoms with Gasteiger partial charge in [-0.15, -0.1) is 0 Å². The molecule has 138 valence electrons. The van der Waals surface area contributed by atoms with E-state index in [1.165, 1.54) is 0 Å². The number of carbonyl (C=O) groups excluding carboxylic acids is 2. The number of H-pyrrole nitrogens is 1. The summed E-state index contributed by atoms with van der Waals surface area (Å²) in [5, 5.41) is 3.16. The van der Waals surface area contributed by atoms with Crippen LogP contribution < -0.4 is 10.9 Å². The van der Waals surface area contributed by atoms with Crippen molar-refractivity contribution in [1.29, 1.82) is 0 Å². The number of benzene rings is 2. The molecular formula is C20H19N3O4. The number of anilines is 1. The Kier molecular flexibility index (Phi) is 5.61. The number of hydrogen-bond donors (Lipinski definition) is 2. The van der Waals surface area contributed by atoms with Crippen molar-refractivity contribution in [2.24, 2.45) is 0 Å². The van der Waals surface area contributed by atoms with E-state index in [1.54, 1.807) is 30.3 Å². The number of carbonyl (C=O) groups is 2. The molecule has 3 aromatic rings. The molecular weight excluding hydrogens is 346 g/mol. The van der Waals surface area contributed by atoms with Crippen molar-refractivity contribution in [2.45, 2.75) is 19.8 Å². The van der Waals surface area contributed by atoms with Crippen molar-refractivity contribution >= 4 is 28.5 Å².